The molecule has 4 aliphatic rings. The molecule has 4 aliphatic heterocycles. The van der Waals surface area contributed by atoms with E-state index in [2.05, 4.69) is 36.1 Å². The number of carbonyl (C=O) groups excluding carboxylic acids is 4. The van der Waals surface area contributed by atoms with Gasteiger partial charge in [-0.15, -0.1) is 10.2 Å². The zero-order chi connectivity index (χ0) is 39.7. The van der Waals surface area contributed by atoms with Crippen molar-refractivity contribution < 1.29 is 38.1 Å². The maximum absolute atomic E-state index is 13.6. The highest BCUT2D eigenvalue weighted by Gasteiger charge is 2.41. The summed E-state index contributed by atoms with van der Waals surface area (Å²) in [4.78, 5) is 65.5. The molecule has 296 valence electrons. The van der Waals surface area contributed by atoms with Crippen LogP contribution in [0.15, 0.2) is 41.7 Å². The number of aromatic amines is 1. The minimum Gasteiger partial charge on any atom is -0.453 e. The number of likely N-dealkylation sites (tertiary alicyclic amines) is 1. The monoisotopic (exact) mass is 769 g/mol. The van der Waals surface area contributed by atoms with E-state index in [0.717, 1.165) is 23.3 Å². The van der Waals surface area contributed by atoms with E-state index in [9.17, 15) is 19.2 Å². The van der Waals surface area contributed by atoms with E-state index < -0.39 is 24.3 Å². The minimum atomic E-state index is -0.734. The van der Waals surface area contributed by atoms with Gasteiger partial charge in [-0.1, -0.05) is 33.8 Å². The van der Waals surface area contributed by atoms with Crippen molar-refractivity contribution in [3.8, 4) is 34.5 Å². The topological polar surface area (TPSA) is 211 Å². The molecule has 0 spiro atoms. The number of hydrogen-bond donors (Lipinski definition) is 4. The first-order valence-electron chi connectivity index (χ1n) is 18.9. The number of nitrogens with one attached hydrogen (secondary N) is 4. The van der Waals surface area contributed by atoms with E-state index >= 15 is 0 Å². The first-order valence-corrected chi connectivity index (χ1v) is 18.9. The molecule has 17 nitrogen and oxygen atoms in total. The van der Waals surface area contributed by atoms with Crippen molar-refractivity contribution in [2.75, 3.05) is 27.3 Å². The molecule has 2 aromatic heterocycles. The van der Waals surface area contributed by atoms with Gasteiger partial charge in [0.2, 0.25) is 5.91 Å². The van der Waals surface area contributed by atoms with Crippen molar-refractivity contribution >= 4 is 35.2 Å². The summed E-state index contributed by atoms with van der Waals surface area (Å²) < 4.78 is 21.9. The summed E-state index contributed by atoms with van der Waals surface area (Å²) in [5.74, 6) is 1.37. The third-order valence-corrected chi connectivity index (χ3v) is 10.7. The quantitative estimate of drug-likeness (QED) is 0.160. The van der Waals surface area contributed by atoms with Crippen LogP contribution in [-0.4, -0.2) is 100 Å². The summed E-state index contributed by atoms with van der Waals surface area (Å²) in [6.45, 7) is 8.75. The van der Waals surface area contributed by atoms with Crippen LogP contribution >= 0.6 is 0 Å². The van der Waals surface area contributed by atoms with Gasteiger partial charge in [0, 0.05) is 36.9 Å². The van der Waals surface area contributed by atoms with Gasteiger partial charge in [-0.25, -0.2) is 14.6 Å². The summed E-state index contributed by atoms with van der Waals surface area (Å²) in [5, 5.41) is 17.5. The number of alkyl carbamates (subject to hydrolysis) is 2. The summed E-state index contributed by atoms with van der Waals surface area (Å²) in [6.07, 6.45) is 4.88. The van der Waals surface area contributed by atoms with Crippen molar-refractivity contribution in [1.82, 2.24) is 41.0 Å². The third-order valence-electron chi connectivity index (χ3n) is 10.7. The lowest BCUT2D eigenvalue weighted by atomic mass is 9.84. The average Bonchev–Trinajstić information content (AvgIpc) is 4.03. The Morgan fingerprint density at radius 2 is 1.66 bits per heavy atom. The van der Waals surface area contributed by atoms with Gasteiger partial charge in [0.05, 0.1) is 44.2 Å². The maximum Gasteiger partial charge on any atom is 0.407 e. The van der Waals surface area contributed by atoms with Gasteiger partial charge in [0.1, 0.15) is 17.6 Å². The first kappa shape index (κ1) is 38.4. The van der Waals surface area contributed by atoms with Crippen LogP contribution in [0, 0.1) is 17.8 Å². The lowest BCUT2D eigenvalue weighted by molar-refractivity contribution is -0.135. The van der Waals surface area contributed by atoms with E-state index in [0.29, 0.717) is 66.8 Å². The predicted molar refractivity (Wildman–Crippen MR) is 203 cm³/mol. The fraction of sp³-hybridized carbons (Fsp3) is 0.487. The highest BCUT2D eigenvalue weighted by molar-refractivity contribution is 6.05. The number of Topliss-reactive ketones (excluding diaryl/α,β-unsaturated/α-hetero) is 1. The van der Waals surface area contributed by atoms with Crippen molar-refractivity contribution in [2.24, 2.45) is 22.7 Å². The summed E-state index contributed by atoms with van der Waals surface area (Å²) >= 11 is 0. The van der Waals surface area contributed by atoms with Crippen LogP contribution in [-0.2, 0) is 19.1 Å². The van der Waals surface area contributed by atoms with Gasteiger partial charge >= 0.3 is 12.2 Å². The molecule has 56 heavy (non-hydrogen) atoms. The van der Waals surface area contributed by atoms with Crippen LogP contribution in [0.1, 0.15) is 70.8 Å². The number of rotatable bonds is 11. The normalized spacial score (nSPS) is 20.9. The second-order valence-electron chi connectivity index (χ2n) is 15.0. The number of nitrogens with zero attached hydrogens (tertiary/aromatic N) is 5. The Morgan fingerprint density at radius 3 is 2.39 bits per heavy atom. The van der Waals surface area contributed by atoms with E-state index in [4.69, 9.17) is 23.9 Å². The third kappa shape index (κ3) is 7.67. The minimum absolute atomic E-state index is 0.0367. The lowest BCUT2D eigenvalue weighted by Gasteiger charge is -2.30. The number of allylic oxidation sites excluding steroid dienone is 1. The molecule has 17 heteroatoms. The lowest BCUT2D eigenvalue weighted by Crippen LogP contribution is -2.51. The average molecular weight is 770 g/mol. The molecule has 0 saturated carbocycles. The largest absolute Gasteiger partial charge is 0.453 e. The van der Waals surface area contributed by atoms with Gasteiger partial charge in [0.15, 0.2) is 23.0 Å². The Kier molecular flexibility index (Phi) is 11.0. The van der Waals surface area contributed by atoms with Crippen molar-refractivity contribution in [2.45, 2.75) is 77.5 Å². The number of aliphatic imine (C=N–C) groups is 1. The molecule has 5 atom stereocenters. The van der Waals surface area contributed by atoms with Gasteiger partial charge in [0.25, 0.3) is 5.88 Å². The molecule has 2 saturated heterocycles. The number of methoxy groups -OCH3 is 2. The zero-order valence-corrected chi connectivity index (χ0v) is 32.3. The Balaban J connectivity index is 1.00. The Hall–Kier alpha value is -5.84. The van der Waals surface area contributed by atoms with Crippen LogP contribution in [0.3, 0.4) is 0 Å². The van der Waals surface area contributed by atoms with Gasteiger partial charge in [-0.05, 0) is 60.9 Å². The smallest absolute Gasteiger partial charge is 0.407 e. The second-order valence-corrected chi connectivity index (χ2v) is 15.0. The molecule has 7 rings (SSSR count). The Morgan fingerprint density at radius 1 is 0.911 bits per heavy atom. The molecular weight excluding hydrogens is 722 g/mol. The highest BCUT2D eigenvalue weighted by atomic mass is 16.6. The van der Waals surface area contributed by atoms with Crippen molar-refractivity contribution in [1.29, 1.82) is 0 Å². The Labute approximate surface area is 324 Å². The van der Waals surface area contributed by atoms with Crippen LogP contribution in [0.5, 0.6) is 23.1 Å². The molecule has 3 amide bonds. The van der Waals surface area contributed by atoms with E-state index in [1.54, 1.807) is 17.2 Å². The van der Waals surface area contributed by atoms with Gasteiger partial charge in [-0.3, -0.25) is 14.6 Å². The molecule has 2 fully saturated rings. The number of fused-ring (bicyclic) bond motifs is 2. The molecular formula is C39H47N9O8. The molecule has 6 heterocycles. The van der Waals surface area contributed by atoms with Crippen molar-refractivity contribution in [3.63, 3.8) is 0 Å². The zero-order valence-electron chi connectivity index (χ0n) is 32.3. The molecule has 1 unspecified atom stereocenters. The summed E-state index contributed by atoms with van der Waals surface area (Å²) in [7, 11) is 2.55. The van der Waals surface area contributed by atoms with Gasteiger partial charge < -0.3 is 44.8 Å². The number of carbonyl (C=O) groups is 4. The fourth-order valence-electron chi connectivity index (χ4n) is 7.72. The standard InChI is InChI=1S/C39H47N9O8/c1-19(2)31(44-38(51)53-5)34(49)23-11-12-40-33(23)25-14-22(17-41-25)21-9-10-28-29(15-21)56-36-30(55-28)16-24(46-47-36)26-18-42-35(43-26)27-8-7-13-48(27)37(50)32(20(3)4)45-39(52)54-6/h9-10,15-20,23,27,31-33,40H,7-8,11-14H2,1-6H3,(H,42,43)(H,44,51)(H,45,52)/t23?,27-,31-,32-,33+/m0/s1. The number of hydrogen-bond acceptors (Lipinski definition) is 13. The number of H-pyrrole nitrogens is 1. The van der Waals surface area contributed by atoms with E-state index in [-0.39, 0.29) is 47.4 Å². The number of aromatic nitrogens is 4. The highest BCUT2D eigenvalue weighted by Crippen LogP contribution is 2.46. The van der Waals surface area contributed by atoms with Crippen LogP contribution < -0.4 is 25.4 Å². The first-order chi connectivity index (χ1) is 26.9. The second kappa shape index (κ2) is 16.1. The maximum atomic E-state index is 13.6. The fourth-order valence-corrected chi connectivity index (χ4v) is 7.72. The van der Waals surface area contributed by atoms with Gasteiger partial charge in [-0.2, -0.15) is 0 Å². The molecule has 4 N–H and O–H groups in total. The molecule has 3 aromatic rings. The van der Waals surface area contributed by atoms with Crippen LogP contribution in [0.2, 0.25) is 0 Å². The number of amides is 3. The Bertz CT molecular complexity index is 2080. The number of imidazole rings is 1. The van der Waals surface area contributed by atoms with E-state index in [1.807, 2.05) is 52.1 Å². The number of ether oxygens (including phenoxy) is 4. The van der Waals surface area contributed by atoms with Crippen LogP contribution in [0.25, 0.3) is 17.0 Å². The molecule has 0 aliphatic carbocycles. The molecule has 1 aromatic carbocycles. The molecule has 0 radical (unpaired) electrons. The summed E-state index contributed by atoms with van der Waals surface area (Å²) in [5.41, 5.74) is 3.78. The van der Waals surface area contributed by atoms with Crippen LogP contribution in [0.4, 0.5) is 9.59 Å². The number of ketones is 1. The predicted octanol–water partition coefficient (Wildman–Crippen LogP) is 4.92. The summed E-state index contributed by atoms with van der Waals surface area (Å²) in [6, 6.07) is 5.42. The number of benzene rings is 1. The van der Waals surface area contributed by atoms with Crippen molar-refractivity contribution in [3.05, 3.63) is 48.1 Å². The SMILES string of the molecule is COC(=O)N[C@H](C(=O)C1CCN[C@H]1C1=NC=C(c2ccc3c(c2)Oc2nnc(-c4cnc([C@@H]5CCCN5C(=O)[C@@H](NC(=O)OC)C(C)C)[nH]4)cc2O3)C1)C(C)C. The molecule has 0 bridgehead atoms. The van der Waals surface area contributed by atoms with E-state index in [1.165, 1.54) is 14.2 Å².